The number of thiocarbonyl (C=S) groups is 1. The van der Waals surface area contributed by atoms with Crippen molar-refractivity contribution in [3.63, 3.8) is 0 Å². The molecule has 18 heavy (non-hydrogen) atoms. The molecule has 0 spiro atoms. The molecular formula is C13H24N2O2S. The first-order chi connectivity index (χ1) is 8.61. The number of unbranched alkanes of at least 4 members (excludes halogenated alkanes) is 1. The van der Waals surface area contributed by atoms with Gasteiger partial charge in [-0.25, -0.2) is 0 Å². The molecule has 1 rings (SSSR count). The maximum Gasteiger partial charge on any atom is 0.220 e. The summed E-state index contributed by atoms with van der Waals surface area (Å²) in [5.74, 6) is 0.670. The zero-order valence-corrected chi connectivity index (χ0v) is 11.9. The fourth-order valence-electron chi connectivity index (χ4n) is 2.20. The Hall–Kier alpha value is -0.680. The van der Waals surface area contributed by atoms with Gasteiger partial charge in [0.05, 0.1) is 11.1 Å². The molecule has 3 N–H and O–H groups in total. The Balaban J connectivity index is 1.94. The van der Waals surface area contributed by atoms with Crippen LogP contribution >= 0.6 is 12.2 Å². The maximum atomic E-state index is 11.6. The van der Waals surface area contributed by atoms with Crippen LogP contribution in [0.3, 0.4) is 0 Å². The summed E-state index contributed by atoms with van der Waals surface area (Å²) in [4.78, 5) is 12.2. The zero-order valence-electron chi connectivity index (χ0n) is 11.1. The first-order valence-corrected chi connectivity index (χ1v) is 7.19. The van der Waals surface area contributed by atoms with Crippen LogP contribution in [-0.2, 0) is 9.53 Å². The standard InChI is InChI=1S/C13H24N2O2S/c1-2-17-11-7-10(8-11)9-13(16)15-6-4-3-5-12(14)18/h10-11H,2-9H2,1H3,(H2,14,18)(H,15,16). The molecule has 1 aliphatic rings. The van der Waals surface area contributed by atoms with Gasteiger partial charge in [0.1, 0.15) is 0 Å². The van der Waals surface area contributed by atoms with Crippen LogP contribution in [0.15, 0.2) is 0 Å². The van der Waals surface area contributed by atoms with Crippen LogP contribution in [0.2, 0.25) is 0 Å². The fraction of sp³-hybridized carbons (Fsp3) is 0.846. The number of rotatable bonds is 9. The SMILES string of the molecule is CCOC1CC(CC(=O)NCCCCC(N)=S)C1. The first-order valence-electron chi connectivity index (χ1n) is 6.78. The van der Waals surface area contributed by atoms with Crippen molar-refractivity contribution in [2.24, 2.45) is 11.7 Å². The average Bonchev–Trinajstić information content (AvgIpc) is 2.25. The number of hydrogen-bond acceptors (Lipinski definition) is 3. The van der Waals surface area contributed by atoms with Gasteiger partial charge in [-0.3, -0.25) is 4.79 Å². The number of nitrogens with two attached hydrogens (primary N) is 1. The third kappa shape index (κ3) is 6.31. The van der Waals surface area contributed by atoms with E-state index in [4.69, 9.17) is 22.7 Å². The number of carbonyl (C=O) groups excluding carboxylic acids is 1. The third-order valence-corrected chi connectivity index (χ3v) is 3.45. The van der Waals surface area contributed by atoms with Crippen LogP contribution in [0.5, 0.6) is 0 Å². The largest absolute Gasteiger partial charge is 0.393 e. The molecule has 104 valence electrons. The quantitative estimate of drug-likeness (QED) is 0.496. The molecule has 0 atom stereocenters. The van der Waals surface area contributed by atoms with Crippen molar-refractivity contribution in [3.05, 3.63) is 0 Å². The van der Waals surface area contributed by atoms with E-state index >= 15 is 0 Å². The van der Waals surface area contributed by atoms with E-state index in [1.165, 1.54) is 0 Å². The Morgan fingerprint density at radius 2 is 2.17 bits per heavy atom. The van der Waals surface area contributed by atoms with Crippen LogP contribution in [-0.4, -0.2) is 30.2 Å². The average molecular weight is 272 g/mol. The van der Waals surface area contributed by atoms with Gasteiger partial charge in [0, 0.05) is 19.6 Å². The molecule has 1 saturated carbocycles. The summed E-state index contributed by atoms with van der Waals surface area (Å²) < 4.78 is 5.47. The molecule has 0 aromatic carbocycles. The lowest BCUT2D eigenvalue weighted by Gasteiger charge is -2.34. The molecule has 0 aromatic heterocycles. The predicted octanol–water partition coefficient (Wildman–Crippen LogP) is 1.76. The lowest BCUT2D eigenvalue weighted by molar-refractivity contribution is -0.124. The fourth-order valence-corrected chi connectivity index (χ4v) is 2.34. The van der Waals surface area contributed by atoms with E-state index in [1.807, 2.05) is 6.92 Å². The monoisotopic (exact) mass is 272 g/mol. The molecule has 0 bridgehead atoms. The van der Waals surface area contributed by atoms with Crippen molar-refractivity contribution >= 4 is 23.1 Å². The van der Waals surface area contributed by atoms with Crippen molar-refractivity contribution in [3.8, 4) is 0 Å². The minimum atomic E-state index is 0.158. The van der Waals surface area contributed by atoms with Gasteiger partial charge in [-0.05, 0) is 44.9 Å². The molecule has 4 nitrogen and oxygen atoms in total. The van der Waals surface area contributed by atoms with Gasteiger partial charge in [0.2, 0.25) is 5.91 Å². The van der Waals surface area contributed by atoms with Crippen molar-refractivity contribution in [2.45, 2.75) is 51.6 Å². The van der Waals surface area contributed by atoms with Gasteiger partial charge in [0.25, 0.3) is 0 Å². The number of carbonyl (C=O) groups is 1. The number of amides is 1. The number of nitrogens with one attached hydrogen (secondary N) is 1. The summed E-state index contributed by atoms with van der Waals surface area (Å²) in [6.07, 6.45) is 5.74. The van der Waals surface area contributed by atoms with E-state index in [0.717, 1.165) is 45.3 Å². The van der Waals surface area contributed by atoms with Crippen LogP contribution in [0.25, 0.3) is 0 Å². The molecular weight excluding hydrogens is 248 g/mol. The van der Waals surface area contributed by atoms with Gasteiger partial charge in [-0.2, -0.15) is 0 Å². The smallest absolute Gasteiger partial charge is 0.220 e. The Bertz CT molecular complexity index is 278. The molecule has 1 aliphatic carbocycles. The molecule has 1 fully saturated rings. The molecule has 1 amide bonds. The highest BCUT2D eigenvalue weighted by atomic mass is 32.1. The van der Waals surface area contributed by atoms with E-state index in [0.29, 0.717) is 23.4 Å². The Morgan fingerprint density at radius 1 is 1.44 bits per heavy atom. The van der Waals surface area contributed by atoms with Crippen molar-refractivity contribution in [1.29, 1.82) is 0 Å². The second-order valence-corrected chi connectivity index (χ2v) is 5.42. The zero-order chi connectivity index (χ0) is 13.4. The summed E-state index contributed by atoms with van der Waals surface area (Å²) in [5.41, 5.74) is 5.40. The van der Waals surface area contributed by atoms with E-state index < -0.39 is 0 Å². The summed E-state index contributed by atoms with van der Waals surface area (Å²) in [6.45, 7) is 3.50. The Kier molecular flexibility index (Phi) is 7.20. The highest BCUT2D eigenvalue weighted by molar-refractivity contribution is 7.80. The van der Waals surface area contributed by atoms with Gasteiger partial charge in [-0.1, -0.05) is 12.2 Å². The predicted molar refractivity (Wildman–Crippen MR) is 76.4 cm³/mol. The maximum absolute atomic E-state index is 11.6. The van der Waals surface area contributed by atoms with E-state index in [1.54, 1.807) is 0 Å². The molecule has 0 saturated heterocycles. The van der Waals surface area contributed by atoms with Gasteiger partial charge >= 0.3 is 0 Å². The molecule has 0 unspecified atom stereocenters. The van der Waals surface area contributed by atoms with E-state index in [-0.39, 0.29) is 5.91 Å². The minimum Gasteiger partial charge on any atom is -0.393 e. The van der Waals surface area contributed by atoms with Crippen LogP contribution in [0, 0.1) is 5.92 Å². The van der Waals surface area contributed by atoms with Crippen molar-refractivity contribution in [2.75, 3.05) is 13.2 Å². The van der Waals surface area contributed by atoms with Gasteiger partial charge in [0.15, 0.2) is 0 Å². The highest BCUT2D eigenvalue weighted by Crippen LogP contribution is 2.32. The topological polar surface area (TPSA) is 64.3 Å². The molecule has 0 aromatic rings. The highest BCUT2D eigenvalue weighted by Gasteiger charge is 2.30. The lowest BCUT2D eigenvalue weighted by atomic mass is 9.80. The summed E-state index contributed by atoms with van der Waals surface area (Å²) in [6, 6.07) is 0. The second kappa shape index (κ2) is 8.43. The Labute approximate surface area is 115 Å². The Morgan fingerprint density at radius 3 is 2.78 bits per heavy atom. The number of hydrogen-bond donors (Lipinski definition) is 2. The van der Waals surface area contributed by atoms with Crippen molar-refractivity contribution < 1.29 is 9.53 Å². The normalized spacial score (nSPS) is 22.3. The third-order valence-electron chi connectivity index (χ3n) is 3.24. The minimum absolute atomic E-state index is 0.158. The summed E-state index contributed by atoms with van der Waals surface area (Å²) >= 11 is 4.79. The van der Waals surface area contributed by atoms with E-state index in [2.05, 4.69) is 5.32 Å². The van der Waals surface area contributed by atoms with Crippen molar-refractivity contribution in [1.82, 2.24) is 5.32 Å². The first kappa shape index (κ1) is 15.4. The molecule has 0 radical (unpaired) electrons. The van der Waals surface area contributed by atoms with Crippen LogP contribution in [0.4, 0.5) is 0 Å². The second-order valence-electron chi connectivity index (χ2n) is 4.89. The van der Waals surface area contributed by atoms with Gasteiger partial charge < -0.3 is 15.8 Å². The summed E-state index contributed by atoms with van der Waals surface area (Å²) in [5, 5.41) is 2.94. The number of ether oxygens (including phenoxy) is 1. The molecule has 0 aliphatic heterocycles. The summed E-state index contributed by atoms with van der Waals surface area (Å²) in [7, 11) is 0. The van der Waals surface area contributed by atoms with Crippen LogP contribution < -0.4 is 11.1 Å². The molecule has 5 heteroatoms. The molecule has 0 heterocycles. The van der Waals surface area contributed by atoms with Gasteiger partial charge in [-0.15, -0.1) is 0 Å². The van der Waals surface area contributed by atoms with Crippen LogP contribution in [0.1, 0.15) is 45.4 Å². The lowest BCUT2D eigenvalue weighted by Crippen LogP contribution is -2.36. The van der Waals surface area contributed by atoms with E-state index in [9.17, 15) is 4.79 Å².